The molecule has 2 aromatic carbocycles. The highest BCUT2D eigenvalue weighted by Gasteiger charge is 2.24. The van der Waals surface area contributed by atoms with Gasteiger partial charge in [-0.1, -0.05) is 54.1 Å². The van der Waals surface area contributed by atoms with E-state index in [0.717, 1.165) is 22.7 Å². The van der Waals surface area contributed by atoms with Crippen molar-refractivity contribution in [2.45, 2.75) is 6.54 Å². The number of piperazine rings is 1. The fourth-order valence-corrected chi connectivity index (χ4v) is 4.24. The van der Waals surface area contributed by atoms with Crippen LogP contribution in [0.3, 0.4) is 0 Å². The van der Waals surface area contributed by atoms with Gasteiger partial charge in [-0.05, 0) is 29.3 Å². The molecule has 0 aliphatic carbocycles. The number of hydrogen-bond acceptors (Lipinski definition) is 3. The minimum atomic E-state index is -3.38. The molecule has 1 heterocycles. The quantitative estimate of drug-likeness (QED) is 0.802. The number of nitrogens with zero attached hydrogens (tertiary/aromatic N) is 2. The van der Waals surface area contributed by atoms with Crippen LogP contribution in [0.1, 0.15) is 11.1 Å². The molecule has 0 radical (unpaired) electrons. The van der Waals surface area contributed by atoms with Gasteiger partial charge in [0, 0.05) is 43.2 Å². The van der Waals surface area contributed by atoms with Crippen molar-refractivity contribution in [2.75, 3.05) is 26.2 Å². The van der Waals surface area contributed by atoms with E-state index in [1.165, 1.54) is 5.41 Å². The van der Waals surface area contributed by atoms with Crippen molar-refractivity contribution in [3.63, 3.8) is 0 Å². The van der Waals surface area contributed by atoms with Gasteiger partial charge in [-0.25, -0.2) is 8.42 Å². The molecule has 25 heavy (non-hydrogen) atoms. The van der Waals surface area contributed by atoms with Crippen LogP contribution in [0.15, 0.2) is 60.0 Å². The molecule has 132 valence electrons. The molecule has 0 spiro atoms. The van der Waals surface area contributed by atoms with E-state index in [9.17, 15) is 8.42 Å². The Kier molecular flexibility index (Phi) is 5.91. The summed E-state index contributed by atoms with van der Waals surface area (Å²) in [5.74, 6) is 0. The smallest absolute Gasteiger partial charge is 0.236 e. The summed E-state index contributed by atoms with van der Waals surface area (Å²) < 4.78 is 26.5. The second kappa shape index (κ2) is 8.15. The van der Waals surface area contributed by atoms with Crippen molar-refractivity contribution >= 4 is 27.7 Å². The third kappa shape index (κ3) is 5.16. The lowest BCUT2D eigenvalue weighted by Crippen LogP contribution is -2.47. The summed E-state index contributed by atoms with van der Waals surface area (Å²) in [5.41, 5.74) is 2.03. The maximum atomic E-state index is 12.5. The summed E-state index contributed by atoms with van der Waals surface area (Å²) in [6.07, 6.45) is 1.65. The molecule has 3 rings (SSSR count). The predicted octanol–water partition coefficient (Wildman–Crippen LogP) is 3.46. The van der Waals surface area contributed by atoms with E-state index in [4.69, 9.17) is 11.6 Å². The Morgan fingerprint density at radius 2 is 1.68 bits per heavy atom. The minimum Gasteiger partial charge on any atom is -0.296 e. The van der Waals surface area contributed by atoms with Crippen molar-refractivity contribution < 1.29 is 8.42 Å². The van der Waals surface area contributed by atoms with Crippen LogP contribution in [0.4, 0.5) is 0 Å². The van der Waals surface area contributed by atoms with Gasteiger partial charge < -0.3 is 0 Å². The number of rotatable bonds is 5. The summed E-state index contributed by atoms with van der Waals surface area (Å²) in [4.78, 5) is 2.25. The summed E-state index contributed by atoms with van der Waals surface area (Å²) in [6, 6.07) is 17.2. The Morgan fingerprint density at radius 3 is 2.36 bits per heavy atom. The average molecular weight is 377 g/mol. The molecule has 0 amide bonds. The number of hydrogen-bond donors (Lipinski definition) is 0. The topological polar surface area (TPSA) is 40.6 Å². The van der Waals surface area contributed by atoms with Crippen LogP contribution in [0, 0.1) is 0 Å². The summed E-state index contributed by atoms with van der Waals surface area (Å²) in [5, 5.41) is 2.03. The van der Waals surface area contributed by atoms with E-state index < -0.39 is 10.0 Å². The number of benzene rings is 2. The van der Waals surface area contributed by atoms with E-state index >= 15 is 0 Å². The summed E-state index contributed by atoms with van der Waals surface area (Å²) >= 11 is 6.02. The van der Waals surface area contributed by atoms with E-state index in [1.807, 2.05) is 54.6 Å². The molecule has 0 saturated carbocycles. The van der Waals surface area contributed by atoms with Gasteiger partial charge in [0.05, 0.1) is 0 Å². The lowest BCUT2D eigenvalue weighted by atomic mass is 10.2. The van der Waals surface area contributed by atoms with Crippen LogP contribution in [0.2, 0.25) is 5.02 Å². The van der Waals surface area contributed by atoms with E-state index in [-0.39, 0.29) is 0 Å². The second-order valence-corrected chi connectivity index (χ2v) is 8.32. The normalized spacial score (nSPS) is 17.2. The standard InChI is InChI=1S/C19H21ClN2O2S/c20-19-8-4-7-18(15-19)16-21-10-12-22(13-11-21)25(23,24)14-9-17-5-2-1-3-6-17/h1-9,14-15H,10-13,16H2/b14-9+. The van der Waals surface area contributed by atoms with Gasteiger partial charge in [-0.2, -0.15) is 4.31 Å². The van der Waals surface area contributed by atoms with Crippen LogP contribution in [-0.2, 0) is 16.6 Å². The van der Waals surface area contributed by atoms with Gasteiger partial charge in [-0.3, -0.25) is 4.90 Å². The molecule has 6 heteroatoms. The zero-order valence-electron chi connectivity index (χ0n) is 13.9. The Bertz CT molecular complexity index is 830. The fourth-order valence-electron chi connectivity index (χ4n) is 2.85. The highest BCUT2D eigenvalue weighted by Crippen LogP contribution is 2.16. The Hall–Kier alpha value is -1.66. The molecule has 1 saturated heterocycles. The second-order valence-electron chi connectivity index (χ2n) is 6.06. The van der Waals surface area contributed by atoms with Crippen molar-refractivity contribution in [1.82, 2.24) is 9.21 Å². The molecule has 0 atom stereocenters. The van der Waals surface area contributed by atoms with Gasteiger partial charge >= 0.3 is 0 Å². The molecule has 1 fully saturated rings. The molecule has 4 nitrogen and oxygen atoms in total. The SMILES string of the molecule is O=S(=O)(/C=C/c1ccccc1)N1CCN(Cc2cccc(Cl)c2)CC1. The van der Waals surface area contributed by atoms with Crippen LogP contribution < -0.4 is 0 Å². The third-order valence-electron chi connectivity index (χ3n) is 4.22. The van der Waals surface area contributed by atoms with E-state index in [1.54, 1.807) is 10.4 Å². The highest BCUT2D eigenvalue weighted by molar-refractivity contribution is 7.92. The predicted molar refractivity (Wildman–Crippen MR) is 103 cm³/mol. The van der Waals surface area contributed by atoms with Gasteiger partial charge in [-0.15, -0.1) is 0 Å². The largest absolute Gasteiger partial charge is 0.296 e. The highest BCUT2D eigenvalue weighted by atomic mass is 35.5. The maximum Gasteiger partial charge on any atom is 0.236 e. The molecule has 0 N–H and O–H groups in total. The van der Waals surface area contributed by atoms with Crippen LogP contribution >= 0.6 is 11.6 Å². The van der Waals surface area contributed by atoms with Gasteiger partial charge in [0.25, 0.3) is 0 Å². The van der Waals surface area contributed by atoms with Crippen LogP contribution in [0.5, 0.6) is 0 Å². The first kappa shape index (κ1) is 18.1. The van der Waals surface area contributed by atoms with Crippen molar-refractivity contribution in [3.05, 3.63) is 76.2 Å². The van der Waals surface area contributed by atoms with E-state index in [0.29, 0.717) is 26.2 Å². The Balaban J connectivity index is 1.57. The summed E-state index contributed by atoms with van der Waals surface area (Å²) in [6.45, 7) is 3.22. The zero-order chi connectivity index (χ0) is 17.7. The Labute approximate surface area is 154 Å². The van der Waals surface area contributed by atoms with Crippen molar-refractivity contribution in [1.29, 1.82) is 0 Å². The Morgan fingerprint density at radius 1 is 0.960 bits per heavy atom. The molecule has 1 aliphatic heterocycles. The van der Waals surface area contributed by atoms with Crippen LogP contribution in [-0.4, -0.2) is 43.8 Å². The first-order chi connectivity index (χ1) is 12.0. The molecule has 0 unspecified atom stereocenters. The zero-order valence-corrected chi connectivity index (χ0v) is 15.5. The molecule has 2 aromatic rings. The van der Waals surface area contributed by atoms with Gasteiger partial charge in [0.2, 0.25) is 10.0 Å². The molecular formula is C19H21ClN2O2S. The average Bonchev–Trinajstić information content (AvgIpc) is 2.62. The molecular weight excluding hydrogens is 356 g/mol. The maximum absolute atomic E-state index is 12.5. The molecule has 1 aliphatic rings. The first-order valence-electron chi connectivity index (χ1n) is 8.23. The fraction of sp³-hybridized carbons (Fsp3) is 0.263. The molecule has 0 aromatic heterocycles. The van der Waals surface area contributed by atoms with Gasteiger partial charge in [0.1, 0.15) is 0 Å². The van der Waals surface area contributed by atoms with Crippen molar-refractivity contribution in [3.8, 4) is 0 Å². The van der Waals surface area contributed by atoms with Crippen LogP contribution in [0.25, 0.3) is 6.08 Å². The van der Waals surface area contributed by atoms with E-state index in [2.05, 4.69) is 4.90 Å². The van der Waals surface area contributed by atoms with Gasteiger partial charge in [0.15, 0.2) is 0 Å². The third-order valence-corrected chi connectivity index (χ3v) is 6.02. The number of sulfonamides is 1. The first-order valence-corrected chi connectivity index (χ1v) is 10.1. The lowest BCUT2D eigenvalue weighted by molar-refractivity contribution is 0.182. The van der Waals surface area contributed by atoms with Crippen molar-refractivity contribution in [2.24, 2.45) is 0 Å². The minimum absolute atomic E-state index is 0.502. The molecule has 0 bridgehead atoms. The summed E-state index contributed by atoms with van der Waals surface area (Å²) in [7, 11) is -3.38. The monoisotopic (exact) mass is 376 g/mol. The number of halogens is 1. The lowest BCUT2D eigenvalue weighted by Gasteiger charge is -2.33.